The van der Waals surface area contributed by atoms with E-state index in [9.17, 15) is 0 Å². The number of aromatic nitrogens is 1. The van der Waals surface area contributed by atoms with Gasteiger partial charge in [0.15, 0.2) is 0 Å². The number of alkyl halides is 1. The van der Waals surface area contributed by atoms with Crippen molar-refractivity contribution in [1.29, 1.82) is 0 Å². The van der Waals surface area contributed by atoms with Gasteiger partial charge < -0.3 is 0 Å². The zero-order valence-electron chi connectivity index (χ0n) is 8.02. The van der Waals surface area contributed by atoms with Crippen LogP contribution in [0, 0.1) is 6.92 Å². The highest BCUT2D eigenvalue weighted by Gasteiger charge is 2.06. The molecule has 2 rings (SSSR count). The van der Waals surface area contributed by atoms with Gasteiger partial charge in [-0.25, -0.2) is 4.98 Å². The lowest BCUT2D eigenvalue weighted by atomic mass is 10.1. The Bertz CT molecular complexity index is 525. The van der Waals surface area contributed by atoms with Crippen LogP contribution in [-0.2, 0) is 5.88 Å². The van der Waals surface area contributed by atoms with Crippen LogP contribution in [0.15, 0.2) is 22.7 Å². The first-order valence-corrected chi connectivity index (χ1v) is 6.13. The molecule has 0 radical (unpaired) electrons. The predicted octanol–water partition coefficient (Wildman–Crippen LogP) is 4.70. The van der Waals surface area contributed by atoms with Gasteiger partial charge in [0.25, 0.3) is 0 Å². The topological polar surface area (TPSA) is 12.9 Å². The molecule has 0 saturated carbocycles. The van der Waals surface area contributed by atoms with Crippen LogP contribution in [0.4, 0.5) is 0 Å². The molecule has 0 bridgehead atoms. The molecule has 1 nitrogen and oxygen atoms in total. The first-order chi connectivity index (χ1) is 7.11. The fourth-order valence-corrected chi connectivity index (χ4v) is 2.60. The summed E-state index contributed by atoms with van der Waals surface area (Å²) in [6, 6.07) is 6.02. The molecule has 0 aliphatic heterocycles. The van der Waals surface area contributed by atoms with E-state index in [4.69, 9.17) is 23.2 Å². The highest BCUT2D eigenvalue weighted by atomic mass is 79.9. The number of nitrogens with zero attached hydrogens (tertiary/aromatic N) is 1. The van der Waals surface area contributed by atoms with E-state index in [-0.39, 0.29) is 0 Å². The second-order valence-corrected chi connectivity index (χ2v) is 4.91. The van der Waals surface area contributed by atoms with E-state index in [0.717, 1.165) is 26.5 Å². The molecule has 15 heavy (non-hydrogen) atoms. The molecule has 0 unspecified atom stereocenters. The number of pyridine rings is 1. The summed E-state index contributed by atoms with van der Waals surface area (Å²) in [6.07, 6.45) is 0. The van der Waals surface area contributed by atoms with Crippen LogP contribution in [0.3, 0.4) is 0 Å². The molecule has 4 heteroatoms. The third-order valence-corrected chi connectivity index (χ3v) is 3.32. The van der Waals surface area contributed by atoms with Gasteiger partial charge in [-0.05, 0) is 30.7 Å². The third kappa shape index (κ3) is 2.12. The predicted molar refractivity (Wildman–Crippen MR) is 68.7 cm³/mol. The average Bonchev–Trinajstić information content (AvgIpc) is 2.18. The maximum absolute atomic E-state index is 6.01. The van der Waals surface area contributed by atoms with Crippen molar-refractivity contribution in [2.75, 3.05) is 0 Å². The van der Waals surface area contributed by atoms with Crippen molar-refractivity contribution >= 4 is 50.0 Å². The number of aryl methyl sites for hydroxylation is 1. The highest BCUT2D eigenvalue weighted by Crippen LogP contribution is 2.27. The van der Waals surface area contributed by atoms with Crippen molar-refractivity contribution in [2.45, 2.75) is 12.8 Å². The van der Waals surface area contributed by atoms with Crippen molar-refractivity contribution in [3.8, 4) is 0 Å². The van der Waals surface area contributed by atoms with E-state index in [0.29, 0.717) is 11.0 Å². The molecule has 0 aliphatic carbocycles. The van der Waals surface area contributed by atoms with Gasteiger partial charge >= 0.3 is 0 Å². The van der Waals surface area contributed by atoms with E-state index in [1.807, 2.05) is 25.1 Å². The van der Waals surface area contributed by atoms with E-state index < -0.39 is 0 Å². The van der Waals surface area contributed by atoms with Gasteiger partial charge in [-0.3, -0.25) is 0 Å². The SMILES string of the molecule is Cc1cc(Br)cc2cc(CCl)c(Cl)nc12. The molecule has 1 aromatic heterocycles. The van der Waals surface area contributed by atoms with Crippen LogP contribution in [0.5, 0.6) is 0 Å². The van der Waals surface area contributed by atoms with Gasteiger partial charge in [-0.1, -0.05) is 27.5 Å². The Morgan fingerprint density at radius 3 is 2.73 bits per heavy atom. The molecule has 0 spiro atoms. The summed E-state index contributed by atoms with van der Waals surface area (Å²) in [7, 11) is 0. The minimum absolute atomic E-state index is 0.382. The summed E-state index contributed by atoms with van der Waals surface area (Å²) >= 11 is 15.2. The van der Waals surface area contributed by atoms with Gasteiger partial charge in [-0.15, -0.1) is 11.6 Å². The molecule has 0 atom stereocenters. The molecule has 0 saturated heterocycles. The van der Waals surface area contributed by atoms with Crippen molar-refractivity contribution in [2.24, 2.45) is 0 Å². The Morgan fingerprint density at radius 1 is 1.33 bits per heavy atom. The number of hydrogen-bond acceptors (Lipinski definition) is 1. The lowest BCUT2D eigenvalue weighted by Crippen LogP contribution is -1.89. The molecule has 0 amide bonds. The smallest absolute Gasteiger partial charge is 0.134 e. The van der Waals surface area contributed by atoms with Crippen LogP contribution in [0.1, 0.15) is 11.1 Å². The number of benzene rings is 1. The van der Waals surface area contributed by atoms with Crippen LogP contribution in [0.2, 0.25) is 5.15 Å². The zero-order chi connectivity index (χ0) is 11.0. The number of fused-ring (bicyclic) bond motifs is 1. The Balaban J connectivity index is 2.81. The minimum Gasteiger partial charge on any atom is -0.235 e. The molecular weight excluding hydrogens is 297 g/mol. The third-order valence-electron chi connectivity index (χ3n) is 2.24. The van der Waals surface area contributed by atoms with Gasteiger partial charge in [0, 0.05) is 15.4 Å². The normalized spacial score (nSPS) is 10.9. The molecule has 0 aliphatic rings. The van der Waals surface area contributed by atoms with E-state index in [2.05, 4.69) is 20.9 Å². The fourth-order valence-electron chi connectivity index (χ4n) is 1.54. The number of hydrogen-bond donors (Lipinski definition) is 0. The number of rotatable bonds is 1. The van der Waals surface area contributed by atoms with Crippen molar-refractivity contribution in [1.82, 2.24) is 4.98 Å². The Hall–Kier alpha value is -0.310. The molecule has 0 N–H and O–H groups in total. The molecule has 78 valence electrons. The second kappa shape index (κ2) is 4.28. The average molecular weight is 305 g/mol. The van der Waals surface area contributed by atoms with E-state index in [1.54, 1.807) is 0 Å². The highest BCUT2D eigenvalue weighted by molar-refractivity contribution is 9.10. The van der Waals surface area contributed by atoms with Crippen LogP contribution >= 0.6 is 39.1 Å². The summed E-state index contributed by atoms with van der Waals surface area (Å²) in [5, 5.41) is 1.55. The van der Waals surface area contributed by atoms with Crippen LogP contribution in [0.25, 0.3) is 10.9 Å². The van der Waals surface area contributed by atoms with Gasteiger partial charge in [0.2, 0.25) is 0 Å². The zero-order valence-corrected chi connectivity index (χ0v) is 11.1. The van der Waals surface area contributed by atoms with Crippen LogP contribution < -0.4 is 0 Å². The first kappa shape index (κ1) is 11.2. The molecular formula is C11H8BrCl2N. The second-order valence-electron chi connectivity index (χ2n) is 3.37. The number of halogens is 3. The van der Waals surface area contributed by atoms with Crippen LogP contribution in [-0.4, -0.2) is 4.98 Å². The van der Waals surface area contributed by atoms with Gasteiger partial charge in [-0.2, -0.15) is 0 Å². The summed E-state index contributed by atoms with van der Waals surface area (Å²) < 4.78 is 1.04. The standard InChI is InChI=1S/C11H8BrCl2N/c1-6-2-9(12)4-7-3-8(5-13)11(14)15-10(6)7/h2-4H,5H2,1H3. The Kier molecular flexibility index (Phi) is 3.19. The lowest BCUT2D eigenvalue weighted by molar-refractivity contribution is 1.28. The molecule has 2 aromatic rings. The first-order valence-electron chi connectivity index (χ1n) is 4.43. The van der Waals surface area contributed by atoms with Crippen molar-refractivity contribution in [3.05, 3.63) is 39.0 Å². The molecule has 0 fully saturated rings. The van der Waals surface area contributed by atoms with Crippen molar-refractivity contribution in [3.63, 3.8) is 0 Å². The Labute approximate surface area is 107 Å². The monoisotopic (exact) mass is 303 g/mol. The lowest BCUT2D eigenvalue weighted by Gasteiger charge is -2.06. The quantitative estimate of drug-likeness (QED) is 0.550. The summed E-state index contributed by atoms with van der Waals surface area (Å²) in [5.41, 5.74) is 2.89. The summed E-state index contributed by atoms with van der Waals surface area (Å²) in [4.78, 5) is 4.35. The maximum Gasteiger partial charge on any atom is 0.134 e. The summed E-state index contributed by atoms with van der Waals surface area (Å²) in [5.74, 6) is 0.382. The maximum atomic E-state index is 6.01. The van der Waals surface area contributed by atoms with E-state index in [1.165, 1.54) is 0 Å². The summed E-state index contributed by atoms with van der Waals surface area (Å²) in [6.45, 7) is 2.01. The Morgan fingerprint density at radius 2 is 2.07 bits per heavy atom. The van der Waals surface area contributed by atoms with Gasteiger partial charge in [0.1, 0.15) is 5.15 Å². The fraction of sp³-hybridized carbons (Fsp3) is 0.182. The van der Waals surface area contributed by atoms with Gasteiger partial charge in [0.05, 0.1) is 11.4 Å². The van der Waals surface area contributed by atoms with Crippen molar-refractivity contribution < 1.29 is 0 Å². The molecule has 1 aromatic carbocycles. The molecule has 1 heterocycles. The minimum atomic E-state index is 0.382. The van der Waals surface area contributed by atoms with E-state index >= 15 is 0 Å². The largest absolute Gasteiger partial charge is 0.235 e.